The fourth-order valence-electron chi connectivity index (χ4n) is 1.98. The lowest BCUT2D eigenvalue weighted by molar-refractivity contribution is 0.227. The third kappa shape index (κ3) is 2.61. The van der Waals surface area contributed by atoms with Crippen LogP contribution in [0.15, 0.2) is 5.16 Å². The fourth-order valence-corrected chi connectivity index (χ4v) is 3.42. The first-order valence-corrected chi connectivity index (χ1v) is 7.46. The van der Waals surface area contributed by atoms with Gasteiger partial charge in [-0.25, -0.2) is 12.7 Å². The lowest BCUT2D eigenvalue weighted by Gasteiger charge is -2.40. The Bertz CT molecular complexity index is 429. The number of piperidine rings is 1. The molecule has 1 heterocycles. The first-order chi connectivity index (χ1) is 8.04. The summed E-state index contributed by atoms with van der Waals surface area (Å²) >= 11 is 0. The molecule has 1 aliphatic heterocycles. The van der Waals surface area contributed by atoms with Gasteiger partial charge in [0.1, 0.15) is 5.84 Å². The summed E-state index contributed by atoms with van der Waals surface area (Å²) in [7, 11) is -3.29. The van der Waals surface area contributed by atoms with Crippen molar-refractivity contribution >= 4 is 15.9 Å². The summed E-state index contributed by atoms with van der Waals surface area (Å²) in [4.78, 5) is 0. The van der Waals surface area contributed by atoms with E-state index in [2.05, 4.69) is 5.16 Å². The molecule has 7 heteroatoms. The molecule has 0 aromatic heterocycles. The SMILES string of the molecule is CC1(C(N)=NO)CCN(S(=O)(=O)C(C)(C)C)CC1. The number of amidine groups is 1. The van der Waals surface area contributed by atoms with Crippen LogP contribution in [-0.4, -0.2) is 41.6 Å². The number of sulfonamides is 1. The third-order valence-corrected chi connectivity index (χ3v) is 6.26. The lowest BCUT2D eigenvalue weighted by Crippen LogP contribution is -2.51. The highest BCUT2D eigenvalue weighted by atomic mass is 32.2. The summed E-state index contributed by atoms with van der Waals surface area (Å²) in [6, 6.07) is 0. The maximum Gasteiger partial charge on any atom is 0.219 e. The van der Waals surface area contributed by atoms with Crippen molar-refractivity contribution in [2.45, 2.75) is 45.3 Å². The summed E-state index contributed by atoms with van der Waals surface area (Å²) in [5, 5.41) is 11.8. The zero-order chi connectivity index (χ0) is 14.2. The first kappa shape index (κ1) is 15.2. The van der Waals surface area contributed by atoms with Crippen LogP contribution < -0.4 is 5.73 Å². The van der Waals surface area contributed by atoms with Crippen molar-refractivity contribution in [2.24, 2.45) is 16.3 Å². The Balaban J connectivity index is 2.83. The molecular formula is C11H23N3O3S. The molecule has 0 aliphatic carbocycles. The van der Waals surface area contributed by atoms with Gasteiger partial charge in [0.2, 0.25) is 10.0 Å². The van der Waals surface area contributed by atoms with Crippen molar-refractivity contribution in [1.82, 2.24) is 4.31 Å². The Kier molecular flexibility index (Phi) is 3.97. The number of rotatable bonds is 2. The van der Waals surface area contributed by atoms with E-state index in [9.17, 15) is 8.42 Å². The molecule has 0 radical (unpaired) electrons. The van der Waals surface area contributed by atoms with E-state index in [4.69, 9.17) is 10.9 Å². The molecular weight excluding hydrogens is 254 g/mol. The second-order valence-electron chi connectivity index (χ2n) is 6.06. The molecule has 0 atom stereocenters. The second-order valence-corrected chi connectivity index (χ2v) is 8.75. The highest BCUT2D eigenvalue weighted by Gasteiger charge is 2.41. The number of hydrogen-bond donors (Lipinski definition) is 2. The minimum Gasteiger partial charge on any atom is -0.409 e. The Morgan fingerprint density at radius 3 is 2.11 bits per heavy atom. The summed E-state index contributed by atoms with van der Waals surface area (Å²) in [5.41, 5.74) is 5.24. The van der Waals surface area contributed by atoms with E-state index in [1.807, 2.05) is 6.92 Å². The summed E-state index contributed by atoms with van der Waals surface area (Å²) < 4.78 is 25.3. The van der Waals surface area contributed by atoms with Crippen LogP contribution in [0.3, 0.4) is 0 Å². The third-order valence-electron chi connectivity index (χ3n) is 3.67. The molecule has 1 saturated heterocycles. The molecule has 1 fully saturated rings. The second kappa shape index (κ2) is 4.70. The average molecular weight is 277 g/mol. The van der Waals surface area contributed by atoms with Crippen LogP contribution in [0.4, 0.5) is 0 Å². The Hall–Kier alpha value is -0.820. The molecule has 106 valence electrons. The van der Waals surface area contributed by atoms with Crippen LogP contribution in [0.25, 0.3) is 0 Å². The minimum absolute atomic E-state index is 0.176. The van der Waals surface area contributed by atoms with Crippen molar-refractivity contribution in [1.29, 1.82) is 0 Å². The normalized spacial score (nSPS) is 23.0. The van der Waals surface area contributed by atoms with Gasteiger partial charge in [0, 0.05) is 18.5 Å². The fraction of sp³-hybridized carbons (Fsp3) is 0.909. The van der Waals surface area contributed by atoms with Gasteiger partial charge < -0.3 is 10.9 Å². The number of hydrogen-bond acceptors (Lipinski definition) is 4. The van der Waals surface area contributed by atoms with Gasteiger partial charge >= 0.3 is 0 Å². The van der Waals surface area contributed by atoms with Crippen molar-refractivity contribution in [2.75, 3.05) is 13.1 Å². The van der Waals surface area contributed by atoms with Crippen molar-refractivity contribution in [3.63, 3.8) is 0 Å². The highest BCUT2D eigenvalue weighted by molar-refractivity contribution is 7.90. The zero-order valence-electron chi connectivity index (χ0n) is 11.5. The molecule has 0 unspecified atom stereocenters. The van der Waals surface area contributed by atoms with Gasteiger partial charge in [-0.2, -0.15) is 0 Å². The molecule has 0 aromatic carbocycles. The summed E-state index contributed by atoms with van der Waals surface area (Å²) in [6.07, 6.45) is 1.14. The van der Waals surface area contributed by atoms with E-state index in [-0.39, 0.29) is 5.84 Å². The molecule has 0 aromatic rings. The van der Waals surface area contributed by atoms with Gasteiger partial charge in [-0.3, -0.25) is 0 Å². The smallest absolute Gasteiger partial charge is 0.219 e. The predicted molar refractivity (Wildman–Crippen MR) is 71.0 cm³/mol. The van der Waals surface area contributed by atoms with Crippen LogP contribution in [0, 0.1) is 5.41 Å². The number of oxime groups is 1. The van der Waals surface area contributed by atoms with Crippen LogP contribution in [0.5, 0.6) is 0 Å². The molecule has 1 aliphatic rings. The molecule has 0 amide bonds. The molecule has 1 rings (SSSR count). The molecule has 18 heavy (non-hydrogen) atoms. The van der Waals surface area contributed by atoms with Gasteiger partial charge in [-0.1, -0.05) is 12.1 Å². The standard InChI is InChI=1S/C11H23N3O3S/c1-10(2,3)18(16,17)14-7-5-11(4,6-8-14)9(12)13-15/h15H,5-8H2,1-4H3,(H2,12,13). The zero-order valence-corrected chi connectivity index (χ0v) is 12.3. The van der Waals surface area contributed by atoms with E-state index >= 15 is 0 Å². The molecule has 3 N–H and O–H groups in total. The van der Waals surface area contributed by atoms with E-state index in [0.29, 0.717) is 25.9 Å². The van der Waals surface area contributed by atoms with Gasteiger partial charge in [-0.05, 0) is 33.6 Å². The Labute approximate surface area is 109 Å². The topological polar surface area (TPSA) is 96.0 Å². The van der Waals surface area contributed by atoms with Gasteiger partial charge in [0.05, 0.1) is 4.75 Å². The maximum atomic E-state index is 12.3. The number of nitrogens with zero attached hydrogens (tertiary/aromatic N) is 2. The highest BCUT2D eigenvalue weighted by Crippen LogP contribution is 2.34. The summed E-state index contributed by atoms with van der Waals surface area (Å²) in [6.45, 7) is 7.79. The van der Waals surface area contributed by atoms with Crippen LogP contribution in [0.2, 0.25) is 0 Å². The predicted octanol–water partition coefficient (Wildman–Crippen LogP) is 0.963. The van der Waals surface area contributed by atoms with Crippen LogP contribution in [-0.2, 0) is 10.0 Å². The van der Waals surface area contributed by atoms with E-state index in [1.165, 1.54) is 4.31 Å². The maximum absolute atomic E-state index is 12.3. The molecule has 0 spiro atoms. The number of nitrogens with two attached hydrogens (primary N) is 1. The molecule has 0 saturated carbocycles. The largest absolute Gasteiger partial charge is 0.409 e. The van der Waals surface area contributed by atoms with Crippen molar-refractivity contribution in [3.05, 3.63) is 0 Å². The van der Waals surface area contributed by atoms with Gasteiger partial charge in [-0.15, -0.1) is 0 Å². The van der Waals surface area contributed by atoms with Gasteiger partial charge in [0.25, 0.3) is 0 Å². The quantitative estimate of drug-likeness (QED) is 0.340. The van der Waals surface area contributed by atoms with Crippen LogP contribution >= 0.6 is 0 Å². The van der Waals surface area contributed by atoms with Crippen LogP contribution in [0.1, 0.15) is 40.5 Å². The first-order valence-electron chi connectivity index (χ1n) is 6.02. The molecule has 0 bridgehead atoms. The van der Waals surface area contributed by atoms with Gasteiger partial charge in [0.15, 0.2) is 0 Å². The lowest BCUT2D eigenvalue weighted by atomic mass is 9.80. The van der Waals surface area contributed by atoms with Crippen molar-refractivity contribution < 1.29 is 13.6 Å². The monoisotopic (exact) mass is 277 g/mol. The van der Waals surface area contributed by atoms with E-state index in [0.717, 1.165) is 0 Å². The average Bonchev–Trinajstić information content (AvgIpc) is 2.27. The van der Waals surface area contributed by atoms with E-state index in [1.54, 1.807) is 20.8 Å². The summed E-state index contributed by atoms with van der Waals surface area (Å²) in [5.74, 6) is 0.176. The minimum atomic E-state index is -3.29. The Morgan fingerprint density at radius 2 is 1.78 bits per heavy atom. The van der Waals surface area contributed by atoms with E-state index < -0.39 is 20.2 Å². The molecule has 6 nitrogen and oxygen atoms in total. The van der Waals surface area contributed by atoms with Crippen molar-refractivity contribution in [3.8, 4) is 0 Å². The Morgan fingerprint density at radius 1 is 1.33 bits per heavy atom.